The van der Waals surface area contributed by atoms with Crippen molar-refractivity contribution in [3.63, 3.8) is 0 Å². The van der Waals surface area contributed by atoms with Crippen LogP contribution in [0.2, 0.25) is 0 Å². The first-order chi connectivity index (χ1) is 13.5. The normalized spacial score (nSPS) is 10.7. The van der Waals surface area contributed by atoms with Crippen LogP contribution in [0.15, 0.2) is 54.6 Å². The first-order valence-corrected chi connectivity index (χ1v) is 9.54. The summed E-state index contributed by atoms with van der Waals surface area (Å²) in [6, 6.07) is 18.0. The van der Waals surface area contributed by atoms with E-state index in [9.17, 15) is 4.79 Å². The molecule has 1 heterocycles. The van der Waals surface area contributed by atoms with Crippen molar-refractivity contribution in [2.45, 2.75) is 33.9 Å². The van der Waals surface area contributed by atoms with Gasteiger partial charge in [0.25, 0.3) is 5.91 Å². The van der Waals surface area contributed by atoms with Crippen molar-refractivity contribution in [2.75, 3.05) is 13.7 Å². The second kappa shape index (κ2) is 8.74. The Morgan fingerprint density at radius 1 is 1.04 bits per heavy atom. The van der Waals surface area contributed by atoms with E-state index >= 15 is 0 Å². The van der Waals surface area contributed by atoms with Crippen molar-refractivity contribution in [1.82, 2.24) is 14.7 Å². The number of nitrogens with zero attached hydrogens (tertiary/aromatic N) is 3. The van der Waals surface area contributed by atoms with E-state index in [-0.39, 0.29) is 5.91 Å². The number of aromatic nitrogens is 2. The number of aryl methyl sites for hydroxylation is 1. The van der Waals surface area contributed by atoms with Gasteiger partial charge >= 0.3 is 0 Å². The van der Waals surface area contributed by atoms with E-state index in [0.717, 1.165) is 28.3 Å². The largest absolute Gasteiger partial charge is 0.494 e. The molecule has 0 N–H and O–H groups in total. The third-order valence-corrected chi connectivity index (χ3v) is 4.77. The highest BCUT2D eigenvalue weighted by Gasteiger charge is 2.22. The van der Waals surface area contributed by atoms with E-state index < -0.39 is 0 Å². The number of rotatable bonds is 7. The van der Waals surface area contributed by atoms with E-state index in [4.69, 9.17) is 4.74 Å². The number of hydrogen-bond acceptors (Lipinski definition) is 3. The van der Waals surface area contributed by atoms with Gasteiger partial charge in [-0.3, -0.25) is 9.48 Å². The molecule has 0 radical (unpaired) electrons. The molecule has 0 atom stereocenters. The van der Waals surface area contributed by atoms with Crippen LogP contribution in [0.4, 0.5) is 0 Å². The Hall–Kier alpha value is -3.08. The van der Waals surface area contributed by atoms with Gasteiger partial charge in [0.05, 0.1) is 24.4 Å². The highest BCUT2D eigenvalue weighted by Crippen LogP contribution is 2.19. The molecule has 3 aromatic rings. The molecular formula is C23H27N3O2. The smallest absolute Gasteiger partial charge is 0.257 e. The Kier molecular flexibility index (Phi) is 6.14. The SMILES string of the molecule is CCOc1ccc(CN(C)C(=O)c2c(C)nn(Cc3ccccc3)c2C)cc1. The lowest BCUT2D eigenvalue weighted by Crippen LogP contribution is -2.27. The number of carbonyl (C=O) groups is 1. The lowest BCUT2D eigenvalue weighted by atomic mass is 10.1. The summed E-state index contributed by atoms with van der Waals surface area (Å²) >= 11 is 0. The third-order valence-electron chi connectivity index (χ3n) is 4.77. The van der Waals surface area contributed by atoms with E-state index in [1.807, 2.05) is 75.0 Å². The number of carbonyl (C=O) groups excluding carboxylic acids is 1. The summed E-state index contributed by atoms with van der Waals surface area (Å²) in [4.78, 5) is 14.8. The molecule has 28 heavy (non-hydrogen) atoms. The van der Waals surface area contributed by atoms with Crippen LogP contribution >= 0.6 is 0 Å². The van der Waals surface area contributed by atoms with E-state index in [0.29, 0.717) is 25.3 Å². The van der Waals surface area contributed by atoms with Crippen molar-refractivity contribution >= 4 is 5.91 Å². The maximum Gasteiger partial charge on any atom is 0.257 e. The zero-order valence-corrected chi connectivity index (χ0v) is 17.0. The van der Waals surface area contributed by atoms with Crippen molar-refractivity contribution in [3.05, 3.63) is 82.7 Å². The Morgan fingerprint density at radius 2 is 1.71 bits per heavy atom. The molecule has 1 amide bonds. The number of ether oxygens (including phenoxy) is 1. The second-order valence-corrected chi connectivity index (χ2v) is 6.93. The van der Waals surface area contributed by atoms with Crippen LogP contribution in [0.5, 0.6) is 5.75 Å². The van der Waals surface area contributed by atoms with Gasteiger partial charge in [0, 0.05) is 19.3 Å². The van der Waals surface area contributed by atoms with Gasteiger partial charge in [-0.25, -0.2) is 0 Å². The Labute approximate surface area is 166 Å². The van der Waals surface area contributed by atoms with Gasteiger partial charge < -0.3 is 9.64 Å². The maximum absolute atomic E-state index is 13.1. The Morgan fingerprint density at radius 3 is 2.36 bits per heavy atom. The Bertz CT molecular complexity index is 930. The van der Waals surface area contributed by atoms with E-state index in [1.165, 1.54) is 0 Å². The van der Waals surface area contributed by atoms with Crippen LogP contribution < -0.4 is 4.74 Å². The average Bonchev–Trinajstić information content (AvgIpc) is 2.97. The standard InChI is InChI=1S/C23H27N3O2/c1-5-28-21-13-11-20(12-14-21)15-25(4)23(27)22-17(2)24-26(18(22)3)16-19-9-7-6-8-10-19/h6-14H,5,15-16H2,1-4H3. The molecule has 5 nitrogen and oxygen atoms in total. The summed E-state index contributed by atoms with van der Waals surface area (Å²) in [7, 11) is 1.83. The van der Waals surface area contributed by atoms with Crippen molar-refractivity contribution in [1.29, 1.82) is 0 Å². The van der Waals surface area contributed by atoms with Gasteiger partial charge in [-0.2, -0.15) is 5.10 Å². The second-order valence-electron chi connectivity index (χ2n) is 6.93. The molecule has 2 aromatic carbocycles. The van der Waals surface area contributed by atoms with E-state index in [1.54, 1.807) is 4.90 Å². The highest BCUT2D eigenvalue weighted by atomic mass is 16.5. The molecule has 3 rings (SSSR count). The predicted octanol–water partition coefficient (Wildman–Crippen LogP) is 4.22. The molecule has 146 valence electrons. The van der Waals surface area contributed by atoms with Crippen LogP contribution in [0.25, 0.3) is 0 Å². The minimum absolute atomic E-state index is 0.0109. The molecule has 5 heteroatoms. The van der Waals surface area contributed by atoms with Crippen LogP contribution in [0.3, 0.4) is 0 Å². The average molecular weight is 377 g/mol. The summed E-state index contributed by atoms with van der Waals surface area (Å²) in [6.07, 6.45) is 0. The van der Waals surface area contributed by atoms with Crippen LogP contribution in [0, 0.1) is 13.8 Å². The zero-order chi connectivity index (χ0) is 20.1. The molecule has 0 aliphatic carbocycles. The minimum atomic E-state index is -0.0109. The molecular weight excluding hydrogens is 350 g/mol. The summed E-state index contributed by atoms with van der Waals surface area (Å²) in [5.41, 5.74) is 4.56. The molecule has 0 fully saturated rings. The van der Waals surface area contributed by atoms with Gasteiger partial charge in [-0.05, 0) is 44.0 Å². The van der Waals surface area contributed by atoms with Gasteiger partial charge in [-0.15, -0.1) is 0 Å². The van der Waals surface area contributed by atoms with E-state index in [2.05, 4.69) is 17.2 Å². The number of amides is 1. The minimum Gasteiger partial charge on any atom is -0.494 e. The lowest BCUT2D eigenvalue weighted by Gasteiger charge is -2.18. The molecule has 1 aromatic heterocycles. The Balaban J connectivity index is 1.74. The van der Waals surface area contributed by atoms with Crippen molar-refractivity contribution in [3.8, 4) is 5.75 Å². The molecule has 0 saturated carbocycles. The highest BCUT2D eigenvalue weighted by molar-refractivity contribution is 5.96. The van der Waals surface area contributed by atoms with Crippen LogP contribution in [0.1, 0.15) is 39.8 Å². The fourth-order valence-electron chi connectivity index (χ4n) is 3.31. The van der Waals surface area contributed by atoms with Gasteiger partial charge in [-0.1, -0.05) is 42.5 Å². The number of hydrogen-bond donors (Lipinski definition) is 0. The van der Waals surface area contributed by atoms with Crippen molar-refractivity contribution < 1.29 is 9.53 Å². The molecule has 0 spiro atoms. The number of benzene rings is 2. The van der Waals surface area contributed by atoms with Crippen LogP contribution in [-0.4, -0.2) is 34.2 Å². The zero-order valence-electron chi connectivity index (χ0n) is 17.0. The predicted molar refractivity (Wildman–Crippen MR) is 111 cm³/mol. The third kappa shape index (κ3) is 4.42. The monoisotopic (exact) mass is 377 g/mol. The summed E-state index contributed by atoms with van der Waals surface area (Å²) < 4.78 is 7.38. The topological polar surface area (TPSA) is 47.4 Å². The molecule has 0 bridgehead atoms. The quantitative estimate of drug-likeness (QED) is 0.619. The van der Waals surface area contributed by atoms with Gasteiger partial charge in [0.2, 0.25) is 0 Å². The first kappa shape index (κ1) is 19.7. The van der Waals surface area contributed by atoms with Gasteiger partial charge in [0.15, 0.2) is 0 Å². The van der Waals surface area contributed by atoms with Crippen LogP contribution in [-0.2, 0) is 13.1 Å². The first-order valence-electron chi connectivity index (χ1n) is 9.54. The fourth-order valence-corrected chi connectivity index (χ4v) is 3.31. The maximum atomic E-state index is 13.1. The molecule has 0 aliphatic heterocycles. The molecule has 0 aliphatic rings. The van der Waals surface area contributed by atoms with Crippen molar-refractivity contribution in [2.24, 2.45) is 0 Å². The summed E-state index contributed by atoms with van der Waals surface area (Å²) in [5, 5.41) is 4.60. The fraction of sp³-hybridized carbons (Fsp3) is 0.304. The lowest BCUT2D eigenvalue weighted by molar-refractivity contribution is 0.0783. The summed E-state index contributed by atoms with van der Waals surface area (Å²) in [5.74, 6) is 0.831. The molecule has 0 unspecified atom stereocenters. The van der Waals surface area contributed by atoms with Gasteiger partial charge in [0.1, 0.15) is 5.75 Å². The molecule has 0 saturated heterocycles. The summed E-state index contributed by atoms with van der Waals surface area (Å²) in [6.45, 7) is 7.65.